The number of ether oxygens (including phenoxy) is 1. The van der Waals surface area contributed by atoms with Crippen LogP contribution in [0.4, 0.5) is 0 Å². The normalized spacial score (nSPS) is 37.2. The van der Waals surface area contributed by atoms with E-state index in [9.17, 15) is 4.79 Å². The highest BCUT2D eigenvalue weighted by Crippen LogP contribution is 2.38. The van der Waals surface area contributed by atoms with Gasteiger partial charge in [0.05, 0.1) is 11.5 Å². The second-order valence-corrected chi connectivity index (χ2v) is 9.70. The maximum Gasteiger partial charge on any atom is 0.237 e. The smallest absolute Gasteiger partial charge is 0.237 e. The van der Waals surface area contributed by atoms with E-state index in [-0.39, 0.29) is 10.6 Å². The van der Waals surface area contributed by atoms with E-state index in [1.54, 1.807) is 11.8 Å². The van der Waals surface area contributed by atoms with Gasteiger partial charge in [0.2, 0.25) is 5.91 Å². The molecule has 3 atom stereocenters. The highest BCUT2D eigenvalue weighted by Gasteiger charge is 2.41. The quantitative estimate of drug-likeness (QED) is 0.734. The third kappa shape index (κ3) is 4.85. The Labute approximate surface area is 161 Å². The number of carbonyl (C=O) groups excluding carboxylic acids is 1. The van der Waals surface area contributed by atoms with Gasteiger partial charge in [-0.3, -0.25) is 4.79 Å². The molecule has 0 spiro atoms. The number of alkyl halides is 1. The van der Waals surface area contributed by atoms with Crippen molar-refractivity contribution < 1.29 is 9.53 Å². The molecule has 0 bridgehead atoms. The fourth-order valence-electron chi connectivity index (χ4n) is 4.47. The number of rotatable bonds is 5. The van der Waals surface area contributed by atoms with Gasteiger partial charge in [0.1, 0.15) is 5.25 Å². The number of carbonyl (C=O) groups is 1. The number of hydrogen-bond acceptors (Lipinski definition) is 4. The van der Waals surface area contributed by atoms with E-state index in [1.807, 2.05) is 7.11 Å². The monoisotopic (exact) mass is 388 g/mol. The molecule has 4 nitrogen and oxygen atoms in total. The first-order chi connectivity index (χ1) is 12.1. The molecule has 2 aliphatic heterocycles. The molecule has 144 valence electrons. The van der Waals surface area contributed by atoms with Crippen molar-refractivity contribution >= 4 is 29.3 Å². The minimum atomic E-state index is -0.0538. The number of nitrogens with one attached hydrogen (secondary N) is 1. The van der Waals surface area contributed by atoms with Crippen LogP contribution in [-0.4, -0.2) is 66.1 Å². The molecule has 3 unspecified atom stereocenters. The number of halogens is 1. The minimum absolute atomic E-state index is 0.0223. The molecule has 0 aromatic heterocycles. The molecular weight excluding hydrogens is 356 g/mol. The summed E-state index contributed by atoms with van der Waals surface area (Å²) in [5.41, 5.74) is 0. The third-order valence-electron chi connectivity index (χ3n) is 6.23. The van der Waals surface area contributed by atoms with Crippen molar-refractivity contribution in [1.82, 2.24) is 10.2 Å². The average Bonchev–Trinajstić information content (AvgIpc) is 2.99. The molecule has 0 aromatic carbocycles. The molecule has 0 radical (unpaired) electrons. The van der Waals surface area contributed by atoms with Crippen LogP contribution in [-0.2, 0) is 9.53 Å². The fraction of sp³-hybridized carbons (Fsp3) is 0.947. The zero-order chi connectivity index (χ0) is 17.8. The Bertz CT molecular complexity index is 439. The lowest BCUT2D eigenvalue weighted by Crippen LogP contribution is -2.52. The van der Waals surface area contributed by atoms with Crippen LogP contribution in [0.15, 0.2) is 0 Å². The Balaban J connectivity index is 1.66. The van der Waals surface area contributed by atoms with Crippen LogP contribution in [0.1, 0.15) is 45.4 Å². The van der Waals surface area contributed by atoms with Crippen LogP contribution in [0, 0.1) is 11.8 Å². The summed E-state index contributed by atoms with van der Waals surface area (Å²) in [5.74, 6) is 2.34. The molecule has 1 aliphatic carbocycles. The second-order valence-electron chi connectivity index (χ2n) is 8.03. The lowest BCUT2D eigenvalue weighted by atomic mass is 9.86. The SMILES string of the molecule is COC1CCC(CN(C(=O)C2SCC(C)C2Cl)C2CCNCC2)CC1. The van der Waals surface area contributed by atoms with Gasteiger partial charge in [-0.2, -0.15) is 0 Å². The Morgan fingerprint density at radius 3 is 2.44 bits per heavy atom. The van der Waals surface area contributed by atoms with E-state index in [0.717, 1.165) is 51.1 Å². The summed E-state index contributed by atoms with van der Waals surface area (Å²) in [4.78, 5) is 15.6. The predicted octanol–water partition coefficient (Wildman–Crippen LogP) is 3.13. The van der Waals surface area contributed by atoms with Crippen molar-refractivity contribution in [1.29, 1.82) is 0 Å². The van der Waals surface area contributed by atoms with Crippen LogP contribution in [0.2, 0.25) is 0 Å². The summed E-state index contributed by atoms with van der Waals surface area (Å²) in [6, 6.07) is 0.384. The summed E-state index contributed by atoms with van der Waals surface area (Å²) in [5, 5.41) is 3.35. The fourth-order valence-corrected chi connectivity index (χ4v) is 6.44. The van der Waals surface area contributed by atoms with Crippen molar-refractivity contribution in [2.75, 3.05) is 32.5 Å². The molecule has 3 aliphatic rings. The minimum Gasteiger partial charge on any atom is -0.381 e. The van der Waals surface area contributed by atoms with Crippen molar-refractivity contribution in [3.63, 3.8) is 0 Å². The van der Waals surface area contributed by atoms with Crippen LogP contribution in [0.25, 0.3) is 0 Å². The predicted molar refractivity (Wildman–Crippen MR) is 105 cm³/mol. The largest absolute Gasteiger partial charge is 0.381 e. The number of methoxy groups -OCH3 is 1. The molecule has 1 saturated carbocycles. The number of thioether (sulfide) groups is 1. The maximum atomic E-state index is 13.4. The van der Waals surface area contributed by atoms with Gasteiger partial charge in [-0.15, -0.1) is 23.4 Å². The Morgan fingerprint density at radius 2 is 1.88 bits per heavy atom. The van der Waals surface area contributed by atoms with Crippen LogP contribution >= 0.6 is 23.4 Å². The van der Waals surface area contributed by atoms with E-state index >= 15 is 0 Å². The van der Waals surface area contributed by atoms with Gasteiger partial charge < -0.3 is 15.0 Å². The molecule has 6 heteroatoms. The average molecular weight is 389 g/mol. The van der Waals surface area contributed by atoms with E-state index in [2.05, 4.69) is 17.1 Å². The summed E-state index contributed by atoms with van der Waals surface area (Å²) in [6.07, 6.45) is 7.15. The van der Waals surface area contributed by atoms with E-state index in [0.29, 0.717) is 29.9 Å². The standard InChI is InChI=1S/C19H33ClN2O2S/c1-13-12-25-18(17(13)20)19(23)22(15-7-9-21-10-8-15)11-14-3-5-16(24-2)6-4-14/h13-18,21H,3-12H2,1-2H3. The van der Waals surface area contributed by atoms with Gasteiger partial charge >= 0.3 is 0 Å². The lowest BCUT2D eigenvalue weighted by Gasteiger charge is -2.40. The second kappa shape index (κ2) is 9.29. The van der Waals surface area contributed by atoms with Gasteiger partial charge in [-0.25, -0.2) is 0 Å². The molecule has 1 N–H and O–H groups in total. The zero-order valence-electron chi connectivity index (χ0n) is 15.6. The highest BCUT2D eigenvalue weighted by atomic mass is 35.5. The molecule has 3 fully saturated rings. The molecule has 3 rings (SSSR count). The Kier molecular flexibility index (Phi) is 7.35. The maximum absolute atomic E-state index is 13.4. The van der Waals surface area contributed by atoms with Gasteiger partial charge in [-0.1, -0.05) is 6.92 Å². The molecule has 2 saturated heterocycles. The van der Waals surface area contributed by atoms with Gasteiger partial charge in [0, 0.05) is 19.7 Å². The van der Waals surface area contributed by atoms with E-state index in [1.165, 1.54) is 12.8 Å². The van der Waals surface area contributed by atoms with Gasteiger partial charge in [0.15, 0.2) is 0 Å². The van der Waals surface area contributed by atoms with Gasteiger partial charge in [-0.05, 0) is 69.2 Å². The topological polar surface area (TPSA) is 41.6 Å². The summed E-state index contributed by atoms with van der Waals surface area (Å²) < 4.78 is 5.51. The van der Waals surface area contributed by atoms with Crippen molar-refractivity contribution in [2.45, 2.75) is 68.2 Å². The molecule has 25 heavy (non-hydrogen) atoms. The highest BCUT2D eigenvalue weighted by molar-refractivity contribution is 8.01. The first-order valence-electron chi connectivity index (χ1n) is 9.89. The first-order valence-corrected chi connectivity index (χ1v) is 11.4. The van der Waals surface area contributed by atoms with Crippen LogP contribution in [0.5, 0.6) is 0 Å². The Morgan fingerprint density at radius 1 is 1.20 bits per heavy atom. The molecule has 1 amide bonds. The zero-order valence-corrected chi connectivity index (χ0v) is 17.2. The Hall–Kier alpha value is 0.0300. The summed E-state index contributed by atoms with van der Waals surface area (Å²) >= 11 is 8.36. The molecule has 2 heterocycles. The number of hydrogen-bond donors (Lipinski definition) is 1. The number of piperidine rings is 1. The summed E-state index contributed by atoms with van der Waals surface area (Å²) in [7, 11) is 1.81. The third-order valence-corrected chi connectivity index (χ3v) is 8.63. The van der Waals surface area contributed by atoms with Crippen molar-refractivity contribution in [3.05, 3.63) is 0 Å². The lowest BCUT2D eigenvalue weighted by molar-refractivity contribution is -0.134. The van der Waals surface area contributed by atoms with Crippen LogP contribution < -0.4 is 5.32 Å². The number of amides is 1. The number of nitrogens with zero attached hydrogens (tertiary/aromatic N) is 1. The van der Waals surface area contributed by atoms with Crippen molar-refractivity contribution in [2.24, 2.45) is 11.8 Å². The van der Waals surface area contributed by atoms with Crippen molar-refractivity contribution in [3.8, 4) is 0 Å². The molecular formula is C19H33ClN2O2S. The van der Waals surface area contributed by atoms with E-state index < -0.39 is 0 Å². The summed E-state index contributed by atoms with van der Waals surface area (Å²) in [6.45, 7) is 5.11. The van der Waals surface area contributed by atoms with E-state index in [4.69, 9.17) is 16.3 Å². The first kappa shape index (κ1) is 19.8. The van der Waals surface area contributed by atoms with Gasteiger partial charge in [0.25, 0.3) is 0 Å². The van der Waals surface area contributed by atoms with Crippen LogP contribution in [0.3, 0.4) is 0 Å². The molecule has 0 aromatic rings.